The molecule has 1 saturated heterocycles. The zero-order valence-electron chi connectivity index (χ0n) is 11.2. The molecule has 0 aliphatic carbocycles. The molecule has 1 aliphatic heterocycles. The number of anilines is 1. The number of ether oxygens (including phenoxy) is 2. The predicted octanol–water partition coefficient (Wildman–Crippen LogP) is 1.94. The highest BCUT2D eigenvalue weighted by molar-refractivity contribution is 5.51. The van der Waals surface area contributed by atoms with Crippen LogP contribution in [0.3, 0.4) is 0 Å². The Morgan fingerprint density at radius 1 is 1.50 bits per heavy atom. The fourth-order valence-corrected chi connectivity index (χ4v) is 2.24. The molecule has 0 aromatic heterocycles. The summed E-state index contributed by atoms with van der Waals surface area (Å²) in [7, 11) is 1.65. The lowest BCUT2D eigenvalue weighted by molar-refractivity contribution is 0.0278. The van der Waals surface area contributed by atoms with E-state index in [4.69, 9.17) is 15.2 Å². The number of rotatable bonds is 4. The van der Waals surface area contributed by atoms with Gasteiger partial charge in [-0.25, -0.2) is 0 Å². The van der Waals surface area contributed by atoms with Crippen molar-refractivity contribution in [2.24, 2.45) is 0 Å². The molecular weight excluding hydrogens is 228 g/mol. The third-order valence-electron chi connectivity index (χ3n) is 3.50. The van der Waals surface area contributed by atoms with Crippen LogP contribution in [0.25, 0.3) is 0 Å². The van der Waals surface area contributed by atoms with Gasteiger partial charge in [0, 0.05) is 30.4 Å². The van der Waals surface area contributed by atoms with Gasteiger partial charge in [0.25, 0.3) is 0 Å². The number of methoxy groups -OCH3 is 1. The summed E-state index contributed by atoms with van der Waals surface area (Å²) in [5.41, 5.74) is 7.93. The van der Waals surface area contributed by atoms with E-state index in [0.29, 0.717) is 0 Å². The SMILES string of the molecule is COc1ccc(CNC2(C)CCCOC2)c(N)c1. The van der Waals surface area contributed by atoms with Crippen molar-refractivity contribution in [3.05, 3.63) is 23.8 Å². The van der Waals surface area contributed by atoms with Crippen LogP contribution in [0, 0.1) is 0 Å². The molecule has 1 aliphatic rings. The highest BCUT2D eigenvalue weighted by Gasteiger charge is 2.26. The number of nitrogens with two attached hydrogens (primary N) is 1. The van der Waals surface area contributed by atoms with E-state index in [1.54, 1.807) is 7.11 Å². The van der Waals surface area contributed by atoms with E-state index < -0.39 is 0 Å². The van der Waals surface area contributed by atoms with Crippen molar-refractivity contribution in [2.45, 2.75) is 31.8 Å². The Morgan fingerprint density at radius 2 is 2.33 bits per heavy atom. The Labute approximate surface area is 108 Å². The molecule has 1 aromatic rings. The van der Waals surface area contributed by atoms with E-state index in [0.717, 1.165) is 49.6 Å². The molecule has 4 nitrogen and oxygen atoms in total. The minimum absolute atomic E-state index is 0.0601. The molecule has 3 N–H and O–H groups in total. The smallest absolute Gasteiger partial charge is 0.120 e. The molecule has 0 radical (unpaired) electrons. The first-order valence-electron chi connectivity index (χ1n) is 6.38. The minimum atomic E-state index is 0.0601. The summed E-state index contributed by atoms with van der Waals surface area (Å²) < 4.78 is 10.7. The summed E-state index contributed by atoms with van der Waals surface area (Å²) >= 11 is 0. The van der Waals surface area contributed by atoms with Gasteiger partial charge in [-0.15, -0.1) is 0 Å². The van der Waals surface area contributed by atoms with Gasteiger partial charge < -0.3 is 20.5 Å². The van der Waals surface area contributed by atoms with Crippen LogP contribution in [-0.2, 0) is 11.3 Å². The molecule has 0 spiro atoms. The molecule has 1 heterocycles. The largest absolute Gasteiger partial charge is 0.497 e. The van der Waals surface area contributed by atoms with Crippen LogP contribution in [0.2, 0.25) is 0 Å². The van der Waals surface area contributed by atoms with Gasteiger partial charge in [-0.05, 0) is 31.4 Å². The van der Waals surface area contributed by atoms with E-state index in [1.165, 1.54) is 0 Å². The quantitative estimate of drug-likeness (QED) is 0.802. The van der Waals surface area contributed by atoms with Crippen LogP contribution in [0.5, 0.6) is 5.75 Å². The number of hydrogen-bond donors (Lipinski definition) is 2. The van der Waals surface area contributed by atoms with Crippen molar-refractivity contribution in [2.75, 3.05) is 26.1 Å². The lowest BCUT2D eigenvalue weighted by Gasteiger charge is -2.34. The average Bonchev–Trinajstić information content (AvgIpc) is 2.38. The lowest BCUT2D eigenvalue weighted by atomic mass is 9.94. The fraction of sp³-hybridized carbons (Fsp3) is 0.571. The lowest BCUT2D eigenvalue weighted by Crippen LogP contribution is -2.48. The van der Waals surface area contributed by atoms with Crippen molar-refractivity contribution in [1.82, 2.24) is 5.32 Å². The maximum atomic E-state index is 6.00. The van der Waals surface area contributed by atoms with E-state index >= 15 is 0 Å². The Balaban J connectivity index is 1.97. The second kappa shape index (κ2) is 5.59. The summed E-state index contributed by atoms with van der Waals surface area (Å²) in [5.74, 6) is 0.795. The van der Waals surface area contributed by atoms with Gasteiger partial charge in [0.2, 0.25) is 0 Å². The molecule has 18 heavy (non-hydrogen) atoms. The van der Waals surface area contributed by atoms with Crippen molar-refractivity contribution in [3.8, 4) is 5.75 Å². The Morgan fingerprint density at radius 3 is 2.94 bits per heavy atom. The zero-order valence-corrected chi connectivity index (χ0v) is 11.2. The van der Waals surface area contributed by atoms with Gasteiger partial charge in [0.1, 0.15) is 5.75 Å². The Bertz CT molecular complexity index is 401. The normalized spacial score (nSPS) is 23.9. The van der Waals surface area contributed by atoms with Crippen LogP contribution >= 0.6 is 0 Å². The molecule has 0 amide bonds. The molecule has 0 bridgehead atoms. The highest BCUT2D eigenvalue weighted by atomic mass is 16.5. The molecule has 1 fully saturated rings. The first kappa shape index (κ1) is 13.2. The van der Waals surface area contributed by atoms with Crippen LogP contribution in [0.4, 0.5) is 5.69 Å². The summed E-state index contributed by atoms with van der Waals surface area (Å²) in [6.07, 6.45) is 2.25. The van der Waals surface area contributed by atoms with Crippen LogP contribution in [-0.4, -0.2) is 25.9 Å². The molecule has 100 valence electrons. The van der Waals surface area contributed by atoms with Gasteiger partial charge in [-0.3, -0.25) is 0 Å². The van der Waals surface area contributed by atoms with Crippen LogP contribution in [0.1, 0.15) is 25.3 Å². The van der Waals surface area contributed by atoms with Crippen molar-refractivity contribution in [1.29, 1.82) is 0 Å². The molecule has 4 heteroatoms. The van der Waals surface area contributed by atoms with E-state index in [9.17, 15) is 0 Å². The molecule has 1 unspecified atom stereocenters. The van der Waals surface area contributed by atoms with Crippen molar-refractivity contribution in [3.63, 3.8) is 0 Å². The first-order chi connectivity index (χ1) is 8.63. The summed E-state index contributed by atoms with van der Waals surface area (Å²) in [6.45, 7) is 4.60. The van der Waals surface area contributed by atoms with Gasteiger partial charge in [-0.1, -0.05) is 6.07 Å². The molecule has 1 atom stereocenters. The molecule has 0 saturated carbocycles. The molecular formula is C14H22N2O2. The van der Waals surface area contributed by atoms with Gasteiger partial charge in [0.05, 0.1) is 13.7 Å². The number of nitrogen functional groups attached to an aromatic ring is 1. The zero-order chi connectivity index (χ0) is 13.0. The topological polar surface area (TPSA) is 56.5 Å². The standard InChI is InChI=1S/C14H22N2O2/c1-14(6-3-7-18-10-14)16-9-11-4-5-12(17-2)8-13(11)15/h4-5,8,16H,3,6-7,9-10,15H2,1-2H3. The summed E-state index contributed by atoms with van der Waals surface area (Å²) in [4.78, 5) is 0. The fourth-order valence-electron chi connectivity index (χ4n) is 2.24. The van der Waals surface area contributed by atoms with Gasteiger partial charge in [-0.2, -0.15) is 0 Å². The van der Waals surface area contributed by atoms with Gasteiger partial charge >= 0.3 is 0 Å². The molecule has 1 aromatic carbocycles. The Kier molecular flexibility index (Phi) is 4.09. The minimum Gasteiger partial charge on any atom is -0.497 e. The predicted molar refractivity (Wildman–Crippen MR) is 72.7 cm³/mol. The average molecular weight is 250 g/mol. The van der Waals surface area contributed by atoms with Crippen LogP contribution in [0.15, 0.2) is 18.2 Å². The van der Waals surface area contributed by atoms with E-state index in [2.05, 4.69) is 12.2 Å². The number of nitrogens with one attached hydrogen (secondary N) is 1. The second-order valence-electron chi connectivity index (χ2n) is 5.14. The monoisotopic (exact) mass is 250 g/mol. The number of benzene rings is 1. The van der Waals surface area contributed by atoms with Gasteiger partial charge in [0.15, 0.2) is 0 Å². The summed E-state index contributed by atoms with van der Waals surface area (Å²) in [6, 6.07) is 5.80. The highest BCUT2D eigenvalue weighted by Crippen LogP contribution is 2.22. The van der Waals surface area contributed by atoms with E-state index in [-0.39, 0.29) is 5.54 Å². The molecule has 2 rings (SSSR count). The Hall–Kier alpha value is -1.26. The second-order valence-corrected chi connectivity index (χ2v) is 5.14. The third kappa shape index (κ3) is 3.15. The number of hydrogen-bond acceptors (Lipinski definition) is 4. The first-order valence-corrected chi connectivity index (χ1v) is 6.38. The van der Waals surface area contributed by atoms with Crippen molar-refractivity contribution >= 4 is 5.69 Å². The van der Waals surface area contributed by atoms with E-state index in [1.807, 2.05) is 18.2 Å². The maximum Gasteiger partial charge on any atom is 0.120 e. The van der Waals surface area contributed by atoms with Crippen LogP contribution < -0.4 is 15.8 Å². The third-order valence-corrected chi connectivity index (χ3v) is 3.50. The maximum absolute atomic E-state index is 6.00. The summed E-state index contributed by atoms with van der Waals surface area (Å²) in [5, 5.41) is 3.55. The van der Waals surface area contributed by atoms with Crippen molar-refractivity contribution < 1.29 is 9.47 Å².